The molecule has 1 atom stereocenters. The van der Waals surface area contributed by atoms with Crippen LogP contribution in [0.4, 0.5) is 21.1 Å². The minimum Gasteiger partial charge on any atom is -0.444 e. The number of alkyl carbamates (subject to hydrolysis) is 1. The number of hydrogen-bond donors (Lipinski definition) is 3. The number of morpholine rings is 1. The summed E-state index contributed by atoms with van der Waals surface area (Å²) in [6, 6.07) is 3.30. The van der Waals surface area contributed by atoms with E-state index in [0.717, 1.165) is 44.6 Å². The Morgan fingerprint density at radius 1 is 1.19 bits per heavy atom. The lowest BCUT2D eigenvalue weighted by atomic mass is 9.84. The molecule has 32 heavy (non-hydrogen) atoms. The summed E-state index contributed by atoms with van der Waals surface area (Å²) in [4.78, 5) is 31.4. The number of nitrogens with one attached hydrogen (secondary N) is 3. The molecule has 1 saturated heterocycles. The normalized spacial score (nSPS) is 18.5. The summed E-state index contributed by atoms with van der Waals surface area (Å²) in [6.07, 6.45) is 6.78. The molecule has 0 aromatic carbocycles. The molecular formula is C23H37N5O4. The van der Waals surface area contributed by atoms with Gasteiger partial charge in [0.05, 0.1) is 31.1 Å². The molecule has 0 unspecified atom stereocenters. The molecule has 2 fully saturated rings. The number of rotatable bonds is 6. The highest BCUT2D eigenvalue weighted by Gasteiger charge is 2.26. The van der Waals surface area contributed by atoms with Crippen molar-refractivity contribution in [1.82, 2.24) is 15.6 Å². The molecule has 9 nitrogen and oxygen atoms in total. The summed E-state index contributed by atoms with van der Waals surface area (Å²) < 4.78 is 10.7. The minimum atomic E-state index is -0.560. The second kappa shape index (κ2) is 11.4. The third-order valence-corrected chi connectivity index (χ3v) is 5.74. The first-order valence-electron chi connectivity index (χ1n) is 11.6. The van der Waals surface area contributed by atoms with Crippen LogP contribution in [0.5, 0.6) is 0 Å². The van der Waals surface area contributed by atoms with Crippen molar-refractivity contribution >= 4 is 23.6 Å². The summed E-state index contributed by atoms with van der Waals surface area (Å²) in [5, 5.41) is 8.74. The number of hydrogen-bond acceptors (Lipinski definition) is 6. The first-order valence-corrected chi connectivity index (χ1v) is 11.6. The minimum absolute atomic E-state index is 0.164. The van der Waals surface area contributed by atoms with Crippen LogP contribution in [0.2, 0.25) is 0 Å². The van der Waals surface area contributed by atoms with Crippen LogP contribution >= 0.6 is 0 Å². The van der Waals surface area contributed by atoms with Gasteiger partial charge in [0, 0.05) is 19.6 Å². The Morgan fingerprint density at radius 2 is 1.91 bits per heavy atom. The molecule has 1 aromatic heterocycles. The van der Waals surface area contributed by atoms with Crippen LogP contribution in [0.25, 0.3) is 0 Å². The molecule has 3 N–H and O–H groups in total. The van der Waals surface area contributed by atoms with Gasteiger partial charge in [0.1, 0.15) is 11.4 Å². The maximum absolute atomic E-state index is 12.7. The fourth-order valence-corrected chi connectivity index (χ4v) is 4.15. The van der Waals surface area contributed by atoms with E-state index in [4.69, 9.17) is 9.47 Å². The lowest BCUT2D eigenvalue weighted by molar-refractivity contribution is 0.0516. The van der Waals surface area contributed by atoms with Crippen LogP contribution in [-0.2, 0) is 9.47 Å². The average molecular weight is 448 g/mol. The Hall–Kier alpha value is -2.55. The largest absolute Gasteiger partial charge is 0.444 e. The number of anilines is 2. The van der Waals surface area contributed by atoms with E-state index in [2.05, 4.69) is 25.8 Å². The maximum atomic E-state index is 12.7. The Morgan fingerprint density at radius 3 is 2.53 bits per heavy atom. The summed E-state index contributed by atoms with van der Waals surface area (Å²) in [5.74, 6) is 1.20. The van der Waals surface area contributed by atoms with Gasteiger partial charge in [-0.05, 0) is 51.7 Å². The van der Waals surface area contributed by atoms with Crippen molar-refractivity contribution in [2.45, 2.75) is 64.5 Å². The molecule has 3 amide bonds. The standard InChI is InChI=1S/C23H37N5O4/c1-23(2,3)32-22(30)25-16-19(17-7-5-4-6-8-17)27-21(29)26-18-9-10-20(24-15-18)28-11-13-31-14-12-28/h9-10,15,17,19H,4-8,11-14,16H2,1-3H3,(H,25,30)(H2,26,27,29)/t19-/m1/s1. The molecule has 2 heterocycles. The van der Waals surface area contributed by atoms with Gasteiger partial charge in [-0.2, -0.15) is 0 Å². The predicted molar refractivity (Wildman–Crippen MR) is 124 cm³/mol. The van der Waals surface area contributed by atoms with Crippen molar-refractivity contribution in [1.29, 1.82) is 0 Å². The van der Waals surface area contributed by atoms with E-state index in [1.165, 1.54) is 6.42 Å². The summed E-state index contributed by atoms with van der Waals surface area (Å²) in [5.41, 5.74) is 0.0669. The number of carbonyl (C=O) groups excluding carboxylic acids is 2. The Balaban J connectivity index is 1.54. The number of ether oxygens (including phenoxy) is 2. The first-order chi connectivity index (χ1) is 15.3. The van der Waals surface area contributed by atoms with Crippen molar-refractivity contribution in [3.63, 3.8) is 0 Å². The fourth-order valence-electron chi connectivity index (χ4n) is 4.15. The zero-order valence-corrected chi connectivity index (χ0v) is 19.5. The predicted octanol–water partition coefficient (Wildman–Crippen LogP) is 3.51. The fraction of sp³-hybridized carbons (Fsp3) is 0.696. The highest BCUT2D eigenvalue weighted by Crippen LogP contribution is 2.26. The van der Waals surface area contributed by atoms with E-state index in [0.29, 0.717) is 31.4 Å². The molecule has 0 spiro atoms. The molecule has 9 heteroatoms. The molecule has 2 aliphatic rings. The lowest BCUT2D eigenvalue weighted by Gasteiger charge is -2.31. The monoisotopic (exact) mass is 447 g/mol. The van der Waals surface area contributed by atoms with E-state index in [1.807, 2.05) is 32.9 Å². The van der Waals surface area contributed by atoms with Gasteiger partial charge in [-0.25, -0.2) is 14.6 Å². The zero-order chi connectivity index (χ0) is 23.0. The highest BCUT2D eigenvalue weighted by molar-refractivity contribution is 5.89. The molecule has 1 aliphatic heterocycles. The van der Waals surface area contributed by atoms with Gasteiger partial charge < -0.3 is 30.3 Å². The van der Waals surface area contributed by atoms with Crippen LogP contribution in [0.15, 0.2) is 18.3 Å². The number of aromatic nitrogens is 1. The summed E-state index contributed by atoms with van der Waals surface area (Å²) >= 11 is 0. The molecule has 1 aliphatic carbocycles. The van der Waals surface area contributed by atoms with Crippen molar-refractivity contribution < 1.29 is 19.1 Å². The van der Waals surface area contributed by atoms with Crippen LogP contribution in [-0.4, -0.2) is 61.6 Å². The second-order valence-electron chi connectivity index (χ2n) is 9.49. The molecule has 0 radical (unpaired) electrons. The van der Waals surface area contributed by atoms with Gasteiger partial charge in [0.2, 0.25) is 0 Å². The number of urea groups is 1. The second-order valence-corrected chi connectivity index (χ2v) is 9.49. The summed E-state index contributed by atoms with van der Waals surface area (Å²) in [7, 11) is 0. The number of nitrogens with zero attached hydrogens (tertiary/aromatic N) is 2. The topological polar surface area (TPSA) is 105 Å². The van der Waals surface area contributed by atoms with Crippen LogP contribution in [0.1, 0.15) is 52.9 Å². The average Bonchev–Trinajstić information content (AvgIpc) is 2.77. The van der Waals surface area contributed by atoms with Gasteiger partial charge in [0.15, 0.2) is 0 Å². The van der Waals surface area contributed by atoms with Gasteiger partial charge in [0.25, 0.3) is 0 Å². The van der Waals surface area contributed by atoms with E-state index >= 15 is 0 Å². The Labute approximate surface area is 190 Å². The van der Waals surface area contributed by atoms with Crippen LogP contribution < -0.4 is 20.9 Å². The van der Waals surface area contributed by atoms with Crippen molar-refractivity contribution in [2.24, 2.45) is 5.92 Å². The highest BCUT2D eigenvalue weighted by atomic mass is 16.6. The molecule has 1 aromatic rings. The van der Waals surface area contributed by atoms with Gasteiger partial charge in [-0.1, -0.05) is 19.3 Å². The number of pyridine rings is 1. The van der Waals surface area contributed by atoms with Crippen molar-refractivity contribution in [2.75, 3.05) is 43.1 Å². The van der Waals surface area contributed by atoms with Crippen LogP contribution in [0, 0.1) is 5.92 Å². The van der Waals surface area contributed by atoms with Gasteiger partial charge >= 0.3 is 12.1 Å². The van der Waals surface area contributed by atoms with E-state index in [9.17, 15) is 9.59 Å². The van der Waals surface area contributed by atoms with E-state index in [-0.39, 0.29) is 12.1 Å². The van der Waals surface area contributed by atoms with Gasteiger partial charge in [-0.3, -0.25) is 0 Å². The lowest BCUT2D eigenvalue weighted by Crippen LogP contribution is -2.50. The molecular weight excluding hydrogens is 410 g/mol. The quantitative estimate of drug-likeness (QED) is 0.616. The first kappa shape index (κ1) is 24.1. The zero-order valence-electron chi connectivity index (χ0n) is 19.5. The summed E-state index contributed by atoms with van der Waals surface area (Å²) in [6.45, 7) is 8.84. The SMILES string of the molecule is CC(C)(C)OC(=O)NC[C@@H](NC(=O)Nc1ccc(N2CCOCC2)nc1)C1CCCCC1. The molecule has 1 saturated carbocycles. The Kier molecular flexibility index (Phi) is 8.55. The smallest absolute Gasteiger partial charge is 0.407 e. The molecule has 3 rings (SSSR count). The van der Waals surface area contributed by atoms with Gasteiger partial charge in [-0.15, -0.1) is 0 Å². The Bertz CT molecular complexity index is 738. The molecule has 0 bridgehead atoms. The third-order valence-electron chi connectivity index (χ3n) is 5.74. The maximum Gasteiger partial charge on any atom is 0.407 e. The van der Waals surface area contributed by atoms with Crippen molar-refractivity contribution in [3.8, 4) is 0 Å². The van der Waals surface area contributed by atoms with Crippen LogP contribution in [0.3, 0.4) is 0 Å². The van der Waals surface area contributed by atoms with E-state index < -0.39 is 11.7 Å². The van der Waals surface area contributed by atoms with Crippen molar-refractivity contribution in [3.05, 3.63) is 18.3 Å². The number of carbonyl (C=O) groups is 2. The molecule has 178 valence electrons. The third kappa shape index (κ3) is 7.85. The van der Waals surface area contributed by atoms with E-state index in [1.54, 1.807) is 6.20 Å². The number of amides is 3.